The molecule has 7 N–H and O–H groups in total. The summed E-state index contributed by atoms with van der Waals surface area (Å²) in [5.41, 5.74) is 0. The van der Waals surface area contributed by atoms with Gasteiger partial charge in [-0.2, -0.15) is 4.31 Å². The fourth-order valence-electron chi connectivity index (χ4n) is 0.897. The van der Waals surface area contributed by atoms with Gasteiger partial charge in [-0.25, -0.2) is 9.13 Å². The Morgan fingerprint density at radius 2 is 1.55 bits per heavy atom. The van der Waals surface area contributed by atoms with Gasteiger partial charge >= 0.3 is 91.1 Å². The molecular formula is C6H18Ca2O12P2. The standard InChI is InChI=1S/C6H14O12P2.2Ca.4H/c7-1-3(8)5(10)6(11)4(9)2-17-20(15,16)18-19(12,13)14;;;;;;/h3,5-8,10-11H,1-2H2,(H,15,16)(H2,12,13,14);;;;;;/q;2*+2;4*-1/t3-,5-,6-;;;;;;/m1....../s1. The first-order chi connectivity index (χ1) is 8.89. The van der Waals surface area contributed by atoms with Gasteiger partial charge in [0.15, 0.2) is 5.78 Å². The van der Waals surface area contributed by atoms with Gasteiger partial charge in [0.05, 0.1) is 6.61 Å². The molecule has 0 spiro atoms. The first kappa shape index (κ1) is 29.1. The van der Waals surface area contributed by atoms with E-state index in [4.69, 9.17) is 30.0 Å². The van der Waals surface area contributed by atoms with Crippen LogP contribution in [0.25, 0.3) is 0 Å². The van der Waals surface area contributed by atoms with E-state index < -0.39 is 53.0 Å². The number of aliphatic hydroxyl groups is 4. The molecule has 0 aromatic carbocycles. The molecule has 0 amide bonds. The Morgan fingerprint density at radius 3 is 1.91 bits per heavy atom. The Hall–Kier alpha value is 2.29. The number of aliphatic hydroxyl groups excluding tert-OH is 4. The maximum atomic E-state index is 11.2. The number of Topliss-reactive ketones (excluding diaryl/α,β-unsaturated/α-hetero) is 1. The number of phosphoric acid groups is 2. The molecule has 0 rings (SSSR count). The van der Waals surface area contributed by atoms with Gasteiger partial charge in [-0.1, -0.05) is 0 Å². The van der Waals surface area contributed by atoms with Gasteiger partial charge in [-0.3, -0.25) is 9.32 Å². The van der Waals surface area contributed by atoms with Crippen molar-refractivity contribution < 1.29 is 63.6 Å². The van der Waals surface area contributed by atoms with Crippen LogP contribution in [0.4, 0.5) is 0 Å². The average Bonchev–Trinajstić information content (AvgIpc) is 2.30. The Kier molecular flexibility index (Phi) is 16.7. The Bertz CT molecular complexity index is 442. The van der Waals surface area contributed by atoms with Gasteiger partial charge in [0, 0.05) is 0 Å². The van der Waals surface area contributed by atoms with Gasteiger partial charge in [-0.15, -0.1) is 0 Å². The first-order valence-electron chi connectivity index (χ1n) is 4.81. The molecule has 4 atom stereocenters. The van der Waals surface area contributed by atoms with Crippen molar-refractivity contribution in [2.45, 2.75) is 18.3 Å². The molecule has 0 aliphatic heterocycles. The second-order valence-corrected chi connectivity index (χ2v) is 6.30. The van der Waals surface area contributed by atoms with Crippen LogP contribution < -0.4 is 0 Å². The van der Waals surface area contributed by atoms with E-state index in [9.17, 15) is 19.0 Å². The summed E-state index contributed by atoms with van der Waals surface area (Å²) in [6, 6.07) is 0. The minimum absolute atomic E-state index is 0. The molecular weight excluding hydrogens is 406 g/mol. The SMILES string of the molecule is O=C(COP(=O)(O)OP(=O)(O)O)[C@@H](O)[C@H](O)[C@H](O)CO.[Ca+2].[Ca+2].[H-].[H-].[H-].[H-]. The van der Waals surface area contributed by atoms with Crippen LogP contribution in [-0.2, 0) is 22.8 Å². The van der Waals surface area contributed by atoms with Gasteiger partial charge in [0.25, 0.3) is 0 Å². The van der Waals surface area contributed by atoms with Crippen molar-refractivity contribution in [1.29, 1.82) is 0 Å². The second kappa shape index (κ2) is 12.6. The normalized spacial score (nSPS) is 18.1. The number of hydrogen-bond acceptors (Lipinski definition) is 9. The molecule has 0 saturated carbocycles. The number of ketones is 1. The van der Waals surface area contributed by atoms with Gasteiger partial charge < -0.3 is 40.8 Å². The zero-order valence-electron chi connectivity index (χ0n) is 15.1. The van der Waals surface area contributed by atoms with Crippen LogP contribution >= 0.6 is 15.6 Å². The molecule has 0 fully saturated rings. The quantitative estimate of drug-likeness (QED) is 0.142. The number of carbonyl (C=O) groups excluding carboxylic acids is 1. The van der Waals surface area contributed by atoms with E-state index in [0.717, 1.165) is 0 Å². The summed E-state index contributed by atoms with van der Waals surface area (Å²) in [5, 5.41) is 35.8. The third-order valence-corrected chi connectivity index (χ3v) is 3.95. The van der Waals surface area contributed by atoms with Gasteiger partial charge in [0.2, 0.25) is 0 Å². The number of rotatable bonds is 9. The second-order valence-electron chi connectivity index (χ2n) is 3.47. The molecule has 0 aliphatic rings. The minimum atomic E-state index is -5.34. The summed E-state index contributed by atoms with van der Waals surface area (Å²) < 4.78 is 28.5. The van der Waals surface area contributed by atoms with Crippen LogP contribution in [0.3, 0.4) is 0 Å². The molecule has 0 heterocycles. The number of phosphoric ester groups is 1. The largest absolute Gasteiger partial charge is 2.00 e. The molecule has 0 bridgehead atoms. The molecule has 0 aliphatic carbocycles. The van der Waals surface area contributed by atoms with Crippen LogP contribution in [0.1, 0.15) is 5.71 Å². The Balaban J connectivity index is -0.000000120. The predicted octanol–water partition coefficient (Wildman–Crippen LogP) is -3.45. The summed E-state index contributed by atoms with van der Waals surface area (Å²) in [6.07, 6.45) is -6.19. The van der Waals surface area contributed by atoms with Crippen molar-refractivity contribution in [3.8, 4) is 0 Å². The monoisotopic (exact) mass is 424 g/mol. The molecule has 22 heavy (non-hydrogen) atoms. The van der Waals surface area contributed by atoms with Crippen molar-refractivity contribution in [2.75, 3.05) is 13.2 Å². The van der Waals surface area contributed by atoms with Crippen LogP contribution in [0, 0.1) is 0 Å². The Labute approximate surface area is 190 Å². The molecule has 1 unspecified atom stereocenters. The van der Waals surface area contributed by atoms with Crippen molar-refractivity contribution in [3.05, 3.63) is 0 Å². The van der Waals surface area contributed by atoms with E-state index in [-0.39, 0.29) is 81.2 Å². The molecule has 16 heteroatoms. The number of carbonyl (C=O) groups is 1. The summed E-state index contributed by atoms with van der Waals surface area (Å²) >= 11 is 0. The summed E-state index contributed by atoms with van der Waals surface area (Å²) in [7, 11) is -10.6. The third kappa shape index (κ3) is 12.6. The number of hydrogen-bond donors (Lipinski definition) is 7. The van der Waals surface area contributed by atoms with Crippen LogP contribution in [0.2, 0.25) is 0 Å². The summed E-state index contributed by atoms with van der Waals surface area (Å²) in [5.74, 6) is -1.39. The fourth-order valence-corrected chi connectivity index (χ4v) is 2.45. The summed E-state index contributed by atoms with van der Waals surface area (Å²) in [4.78, 5) is 36.5. The van der Waals surface area contributed by atoms with Crippen LogP contribution in [0.15, 0.2) is 0 Å². The van der Waals surface area contributed by atoms with E-state index in [1.165, 1.54) is 0 Å². The van der Waals surface area contributed by atoms with Crippen molar-refractivity contribution in [2.24, 2.45) is 0 Å². The molecule has 128 valence electrons. The van der Waals surface area contributed by atoms with E-state index in [2.05, 4.69) is 8.83 Å². The molecule has 0 radical (unpaired) electrons. The zero-order valence-corrected chi connectivity index (χ0v) is 17.3. The van der Waals surface area contributed by atoms with Gasteiger partial charge in [0.1, 0.15) is 24.9 Å². The maximum absolute atomic E-state index is 11.2. The smallest absolute Gasteiger partial charge is 1.00 e. The van der Waals surface area contributed by atoms with Crippen LogP contribution in [0.5, 0.6) is 0 Å². The topological polar surface area (TPSA) is 211 Å². The van der Waals surface area contributed by atoms with Gasteiger partial charge in [-0.05, 0) is 0 Å². The molecule has 0 saturated heterocycles. The fraction of sp³-hybridized carbons (Fsp3) is 0.833. The van der Waals surface area contributed by atoms with E-state index >= 15 is 0 Å². The van der Waals surface area contributed by atoms with Crippen LogP contribution in [-0.4, -0.2) is 148 Å². The molecule has 0 aromatic heterocycles. The van der Waals surface area contributed by atoms with Crippen molar-refractivity contribution in [1.82, 2.24) is 0 Å². The Morgan fingerprint density at radius 1 is 1.09 bits per heavy atom. The molecule has 0 aromatic rings. The van der Waals surface area contributed by atoms with E-state index in [0.29, 0.717) is 0 Å². The van der Waals surface area contributed by atoms with E-state index in [1.54, 1.807) is 0 Å². The average molecular weight is 424 g/mol. The van der Waals surface area contributed by atoms with Crippen molar-refractivity contribution >= 4 is 96.9 Å². The third-order valence-electron chi connectivity index (χ3n) is 1.81. The van der Waals surface area contributed by atoms with Crippen molar-refractivity contribution in [3.63, 3.8) is 0 Å². The molecule has 12 nitrogen and oxygen atoms in total. The zero-order chi connectivity index (χ0) is 16.1. The summed E-state index contributed by atoms with van der Waals surface area (Å²) in [6.45, 7) is -2.31. The maximum Gasteiger partial charge on any atom is 2.00 e. The van der Waals surface area contributed by atoms with E-state index in [1.807, 2.05) is 0 Å². The minimum Gasteiger partial charge on any atom is -1.00 e. The first-order valence-corrected chi connectivity index (χ1v) is 7.84. The predicted molar refractivity (Wildman–Crippen MR) is 75.0 cm³/mol.